The average Bonchev–Trinajstić information content (AvgIpc) is 2.76. The monoisotopic (exact) mass is 440 g/mol. The number of halogens is 2. The highest BCUT2D eigenvalue weighted by Gasteiger charge is 2.18. The second-order valence-corrected chi connectivity index (χ2v) is 7.67. The topological polar surface area (TPSA) is 48.7 Å². The maximum Gasteiger partial charge on any atom is 0.235 e. The largest absolute Gasteiger partial charge is 0.497 e. The zero-order valence-corrected chi connectivity index (χ0v) is 17.9. The van der Waals surface area contributed by atoms with Gasteiger partial charge in [-0.05, 0) is 61.0 Å². The Hall–Kier alpha value is -2.95. The summed E-state index contributed by atoms with van der Waals surface area (Å²) in [5.41, 5.74) is 2.72. The molecule has 0 radical (unpaired) electrons. The van der Waals surface area contributed by atoms with Crippen LogP contribution >= 0.6 is 23.2 Å². The Morgan fingerprint density at radius 2 is 1.70 bits per heavy atom. The van der Waals surface area contributed by atoms with E-state index in [1.54, 1.807) is 49.6 Å². The van der Waals surface area contributed by atoms with Gasteiger partial charge in [0, 0.05) is 5.56 Å². The molecule has 4 nitrogen and oxygen atoms in total. The van der Waals surface area contributed by atoms with Crippen LogP contribution < -0.4 is 14.9 Å². The molecule has 30 heavy (non-hydrogen) atoms. The SMILES string of the molecule is COc1ccc(-c2oc3ccc(C)cc3c(=O)c2OCc2ccc(Cl)c(Cl)c2)cc1. The van der Waals surface area contributed by atoms with E-state index < -0.39 is 0 Å². The van der Waals surface area contributed by atoms with E-state index in [0.717, 1.165) is 11.1 Å². The Bertz CT molecular complexity index is 1280. The minimum atomic E-state index is -0.231. The van der Waals surface area contributed by atoms with Gasteiger partial charge in [0.05, 0.1) is 22.5 Å². The van der Waals surface area contributed by atoms with Gasteiger partial charge in [0.15, 0.2) is 5.76 Å². The number of methoxy groups -OCH3 is 1. The quantitative estimate of drug-likeness (QED) is 0.347. The summed E-state index contributed by atoms with van der Waals surface area (Å²) in [6, 6.07) is 17.9. The number of hydrogen-bond acceptors (Lipinski definition) is 4. The van der Waals surface area contributed by atoms with E-state index >= 15 is 0 Å². The van der Waals surface area contributed by atoms with Crippen molar-refractivity contribution in [1.82, 2.24) is 0 Å². The molecule has 0 amide bonds. The maximum absolute atomic E-state index is 13.3. The summed E-state index contributed by atoms with van der Waals surface area (Å²) in [6.45, 7) is 2.06. The van der Waals surface area contributed by atoms with Gasteiger partial charge in [0.25, 0.3) is 0 Å². The predicted molar refractivity (Wildman–Crippen MR) is 120 cm³/mol. The lowest BCUT2D eigenvalue weighted by Gasteiger charge is -2.13. The Kier molecular flexibility index (Phi) is 5.71. The van der Waals surface area contributed by atoms with E-state index in [1.165, 1.54) is 0 Å². The summed E-state index contributed by atoms with van der Waals surface area (Å²) in [6.07, 6.45) is 0. The van der Waals surface area contributed by atoms with Crippen molar-refractivity contribution in [2.45, 2.75) is 13.5 Å². The van der Waals surface area contributed by atoms with Crippen molar-refractivity contribution in [2.24, 2.45) is 0 Å². The molecule has 6 heteroatoms. The highest BCUT2D eigenvalue weighted by molar-refractivity contribution is 6.42. The zero-order valence-electron chi connectivity index (χ0n) is 16.4. The second-order valence-electron chi connectivity index (χ2n) is 6.85. The highest BCUT2D eigenvalue weighted by Crippen LogP contribution is 2.33. The first-order chi connectivity index (χ1) is 14.5. The van der Waals surface area contributed by atoms with E-state index in [0.29, 0.717) is 38.1 Å². The fourth-order valence-electron chi connectivity index (χ4n) is 3.14. The van der Waals surface area contributed by atoms with Gasteiger partial charge in [-0.25, -0.2) is 0 Å². The van der Waals surface area contributed by atoms with Crippen molar-refractivity contribution in [3.8, 4) is 22.8 Å². The summed E-state index contributed by atoms with van der Waals surface area (Å²) in [4.78, 5) is 13.3. The van der Waals surface area contributed by atoms with Crippen molar-refractivity contribution in [3.63, 3.8) is 0 Å². The standard InChI is InChI=1S/C24H18Cl2O4/c1-14-3-10-21-18(11-14)22(27)24(29-13-15-4-9-19(25)20(26)12-15)23(30-21)16-5-7-17(28-2)8-6-16/h3-12H,13H2,1-2H3. The minimum absolute atomic E-state index is 0.141. The molecule has 0 unspecified atom stereocenters. The van der Waals surface area contributed by atoms with Gasteiger partial charge in [0.2, 0.25) is 11.2 Å². The Morgan fingerprint density at radius 1 is 0.933 bits per heavy atom. The molecule has 1 heterocycles. The third kappa shape index (κ3) is 4.02. The van der Waals surface area contributed by atoms with Gasteiger partial charge in [0.1, 0.15) is 17.9 Å². The number of aryl methyl sites for hydroxylation is 1. The van der Waals surface area contributed by atoms with Crippen molar-refractivity contribution < 1.29 is 13.9 Å². The lowest BCUT2D eigenvalue weighted by molar-refractivity contribution is 0.298. The molecule has 0 bridgehead atoms. The van der Waals surface area contributed by atoms with Crippen LogP contribution in [0.4, 0.5) is 0 Å². The van der Waals surface area contributed by atoms with Crippen molar-refractivity contribution in [3.05, 3.63) is 92.1 Å². The highest BCUT2D eigenvalue weighted by atomic mass is 35.5. The van der Waals surface area contributed by atoms with Gasteiger partial charge < -0.3 is 13.9 Å². The lowest BCUT2D eigenvalue weighted by Crippen LogP contribution is -2.10. The zero-order chi connectivity index (χ0) is 21.3. The maximum atomic E-state index is 13.3. The molecule has 0 atom stereocenters. The van der Waals surface area contributed by atoms with Crippen LogP contribution in [-0.2, 0) is 6.61 Å². The molecule has 0 fully saturated rings. The molecule has 0 saturated carbocycles. The summed E-state index contributed by atoms with van der Waals surface area (Å²) in [5, 5.41) is 1.35. The minimum Gasteiger partial charge on any atom is -0.497 e. The van der Waals surface area contributed by atoms with Crippen LogP contribution in [0.25, 0.3) is 22.3 Å². The molecule has 4 rings (SSSR count). The number of ether oxygens (including phenoxy) is 2. The lowest BCUT2D eigenvalue weighted by atomic mass is 10.1. The summed E-state index contributed by atoms with van der Waals surface area (Å²) in [7, 11) is 1.60. The van der Waals surface area contributed by atoms with E-state index in [1.807, 2.05) is 25.1 Å². The van der Waals surface area contributed by atoms with E-state index in [-0.39, 0.29) is 17.8 Å². The molecular weight excluding hydrogens is 423 g/mol. The van der Waals surface area contributed by atoms with E-state index in [4.69, 9.17) is 37.1 Å². The molecule has 4 aromatic rings. The van der Waals surface area contributed by atoms with Gasteiger partial charge in [-0.3, -0.25) is 4.79 Å². The second kappa shape index (κ2) is 8.42. The molecule has 0 aliphatic carbocycles. The molecule has 1 aromatic heterocycles. The Morgan fingerprint density at radius 3 is 2.40 bits per heavy atom. The number of fused-ring (bicyclic) bond motifs is 1. The Labute approximate surface area is 183 Å². The van der Waals surface area contributed by atoms with Crippen LogP contribution in [0.2, 0.25) is 10.0 Å². The number of benzene rings is 3. The van der Waals surface area contributed by atoms with Crippen LogP contribution in [0, 0.1) is 6.92 Å². The summed E-state index contributed by atoms with van der Waals surface area (Å²) >= 11 is 12.1. The van der Waals surface area contributed by atoms with Gasteiger partial charge in [-0.2, -0.15) is 0 Å². The van der Waals surface area contributed by atoms with Crippen LogP contribution in [-0.4, -0.2) is 7.11 Å². The average molecular weight is 441 g/mol. The van der Waals surface area contributed by atoms with Crippen molar-refractivity contribution in [2.75, 3.05) is 7.11 Å². The van der Waals surface area contributed by atoms with Gasteiger partial charge in [-0.1, -0.05) is 40.9 Å². The van der Waals surface area contributed by atoms with Crippen LogP contribution in [0.1, 0.15) is 11.1 Å². The Balaban J connectivity index is 1.82. The van der Waals surface area contributed by atoms with Crippen LogP contribution in [0.5, 0.6) is 11.5 Å². The smallest absolute Gasteiger partial charge is 0.235 e. The first-order valence-corrected chi connectivity index (χ1v) is 10.0. The third-order valence-corrected chi connectivity index (χ3v) is 5.46. The molecule has 152 valence electrons. The van der Waals surface area contributed by atoms with E-state index in [9.17, 15) is 4.79 Å². The predicted octanol–water partition coefficient (Wildman–Crippen LogP) is 6.66. The van der Waals surface area contributed by atoms with Crippen molar-refractivity contribution in [1.29, 1.82) is 0 Å². The summed E-state index contributed by atoms with van der Waals surface area (Å²) < 4.78 is 17.3. The molecular formula is C24H18Cl2O4. The molecule has 0 aliphatic heterocycles. The molecule has 3 aromatic carbocycles. The first-order valence-electron chi connectivity index (χ1n) is 9.25. The van der Waals surface area contributed by atoms with Gasteiger partial charge >= 0.3 is 0 Å². The van der Waals surface area contributed by atoms with E-state index in [2.05, 4.69) is 0 Å². The summed E-state index contributed by atoms with van der Waals surface area (Å²) in [5.74, 6) is 1.21. The molecule has 0 saturated heterocycles. The van der Waals surface area contributed by atoms with Crippen LogP contribution in [0.3, 0.4) is 0 Å². The molecule has 0 spiro atoms. The third-order valence-electron chi connectivity index (χ3n) is 4.72. The fourth-order valence-corrected chi connectivity index (χ4v) is 3.46. The molecule has 0 N–H and O–H groups in total. The normalized spacial score (nSPS) is 10.9. The van der Waals surface area contributed by atoms with Crippen molar-refractivity contribution >= 4 is 34.2 Å². The fraction of sp³-hybridized carbons (Fsp3) is 0.125. The van der Waals surface area contributed by atoms with Crippen LogP contribution in [0.15, 0.2) is 69.9 Å². The number of rotatable bonds is 5. The number of hydrogen-bond donors (Lipinski definition) is 0. The van der Waals surface area contributed by atoms with Gasteiger partial charge in [-0.15, -0.1) is 0 Å². The first kappa shape index (κ1) is 20.3. The molecule has 0 aliphatic rings.